The molecule has 0 unspecified atom stereocenters. The second-order valence-corrected chi connectivity index (χ2v) is 12.0. The van der Waals surface area contributed by atoms with E-state index in [4.69, 9.17) is 0 Å². The summed E-state index contributed by atoms with van der Waals surface area (Å²) >= 11 is 0. The fourth-order valence-electron chi connectivity index (χ4n) is 5.06. The van der Waals surface area contributed by atoms with Gasteiger partial charge in [-0.15, -0.1) is 0 Å². The summed E-state index contributed by atoms with van der Waals surface area (Å²) in [6.45, 7) is 2.22. The molecule has 3 aromatic rings. The van der Waals surface area contributed by atoms with Gasteiger partial charge >= 0.3 is 0 Å². The molecule has 5 amide bonds. The van der Waals surface area contributed by atoms with Crippen LogP contribution in [0, 0.1) is 0 Å². The highest BCUT2D eigenvalue weighted by Crippen LogP contribution is 2.30. The maximum Gasteiger partial charge on any atom is 0.255 e. The molecule has 0 saturated heterocycles. The van der Waals surface area contributed by atoms with Gasteiger partial charge in [-0.25, -0.2) is 0 Å². The highest BCUT2D eigenvalue weighted by atomic mass is 16.3. The Labute approximate surface area is 303 Å². The minimum Gasteiger partial charge on any atom is -0.504 e. The van der Waals surface area contributed by atoms with E-state index < -0.39 is 88.3 Å². The zero-order chi connectivity index (χ0) is 39.4. The number of hydrogen-bond acceptors (Lipinski definition) is 13. The van der Waals surface area contributed by atoms with E-state index in [-0.39, 0.29) is 55.7 Å². The van der Waals surface area contributed by atoms with E-state index in [1.165, 1.54) is 61.2 Å². The number of amides is 5. The van der Waals surface area contributed by atoms with E-state index >= 15 is 0 Å². The molecule has 12 N–H and O–H groups in total. The molecule has 0 aliphatic heterocycles. The monoisotopic (exact) mass is 741 g/mol. The van der Waals surface area contributed by atoms with Crippen LogP contribution in [0.4, 0.5) is 0 Å². The van der Waals surface area contributed by atoms with Crippen molar-refractivity contribution < 1.29 is 64.8 Å². The van der Waals surface area contributed by atoms with E-state index in [0.29, 0.717) is 0 Å². The van der Waals surface area contributed by atoms with Crippen LogP contribution in [-0.2, 0) is 9.59 Å². The fourth-order valence-corrected chi connectivity index (χ4v) is 5.06. The zero-order valence-corrected chi connectivity index (χ0v) is 28.8. The molecule has 0 saturated carbocycles. The summed E-state index contributed by atoms with van der Waals surface area (Å²) < 4.78 is 0. The first-order chi connectivity index (χ1) is 25.0. The van der Waals surface area contributed by atoms with Crippen molar-refractivity contribution in [3.8, 4) is 34.5 Å². The van der Waals surface area contributed by atoms with E-state index in [1.54, 1.807) is 0 Å². The second kappa shape index (κ2) is 18.8. The summed E-state index contributed by atoms with van der Waals surface area (Å²) in [5.74, 6) is -7.97. The first kappa shape index (κ1) is 41.2. The predicted octanol–water partition coefficient (Wildman–Crippen LogP) is -0.266. The van der Waals surface area contributed by atoms with E-state index in [0.717, 1.165) is 12.1 Å². The number of hydrogen-bond donors (Lipinski definition) is 12. The highest BCUT2D eigenvalue weighted by Gasteiger charge is 2.32. The molecule has 0 spiro atoms. The zero-order valence-electron chi connectivity index (χ0n) is 28.8. The van der Waals surface area contributed by atoms with Crippen LogP contribution in [-0.4, -0.2) is 126 Å². The molecule has 0 aromatic heterocycles. The summed E-state index contributed by atoms with van der Waals surface area (Å²) in [5, 5.41) is 89.7. The lowest BCUT2D eigenvalue weighted by atomic mass is 10.1. The van der Waals surface area contributed by atoms with E-state index in [2.05, 4.69) is 21.3 Å². The number of benzene rings is 3. The molecular formula is C35H43N5O13. The number of rotatable bonds is 17. The third-order valence-electron chi connectivity index (χ3n) is 7.97. The van der Waals surface area contributed by atoms with Crippen LogP contribution < -0.4 is 21.3 Å². The Hall–Kier alpha value is -6.27. The summed E-state index contributed by atoms with van der Waals surface area (Å²) in [5.41, 5.74) is -0.896. The number of phenolic OH excluding ortho intramolecular Hbond substituents is 6. The molecule has 0 aliphatic carbocycles. The van der Waals surface area contributed by atoms with Crippen LogP contribution in [0.1, 0.15) is 57.8 Å². The maximum absolute atomic E-state index is 13.8. The molecule has 3 aromatic carbocycles. The number of carbonyl (C=O) groups excluding carboxylic acids is 5. The quantitative estimate of drug-likeness (QED) is 0.0628. The van der Waals surface area contributed by atoms with Crippen molar-refractivity contribution in [3.63, 3.8) is 0 Å². The smallest absolute Gasteiger partial charge is 0.255 e. The molecule has 0 fully saturated rings. The molecule has 0 aliphatic rings. The number of phenols is 6. The molecule has 18 nitrogen and oxygen atoms in total. The standard InChI is InChI=1S/C35H43N5O13/c1-18(41)26(38-32(50)21-9-4-12-24(44)29(21)47)34(52)37-15-7-17-40(16-6-14-36-31(49)20-8-3-11-23(43)28(20)46)35(53)27(19(2)42)39-33(51)22-10-5-13-25(45)30(22)48/h3-5,8-13,18-19,26-27,41-48H,6-7,14-17H2,1-2H3,(H,36,49)(H,37,52)(H,38,50)(H,39,51)/t18-,19-,26+,27+/m1/s1. The van der Waals surface area contributed by atoms with E-state index in [9.17, 15) is 64.8 Å². The Morgan fingerprint density at radius 2 is 0.943 bits per heavy atom. The van der Waals surface area contributed by atoms with Gasteiger partial charge in [-0.2, -0.15) is 0 Å². The molecule has 3 rings (SSSR count). The lowest BCUT2D eigenvalue weighted by molar-refractivity contribution is -0.135. The number of carbonyl (C=O) groups is 5. The third kappa shape index (κ3) is 10.9. The summed E-state index contributed by atoms with van der Waals surface area (Å²) in [7, 11) is 0. The van der Waals surface area contributed by atoms with Crippen molar-refractivity contribution in [2.45, 2.75) is 51.0 Å². The van der Waals surface area contributed by atoms with Gasteiger partial charge in [0.2, 0.25) is 11.8 Å². The number of aliphatic hydroxyl groups is 2. The Balaban J connectivity index is 1.70. The van der Waals surface area contributed by atoms with Crippen LogP contribution in [0.2, 0.25) is 0 Å². The van der Waals surface area contributed by atoms with Gasteiger partial charge in [-0.05, 0) is 63.1 Å². The number of aromatic hydroxyl groups is 6. The Bertz CT molecular complexity index is 1800. The van der Waals surface area contributed by atoms with Crippen molar-refractivity contribution in [2.75, 3.05) is 26.2 Å². The summed E-state index contributed by atoms with van der Waals surface area (Å²) in [6.07, 6.45) is -2.66. The van der Waals surface area contributed by atoms with Crippen LogP contribution >= 0.6 is 0 Å². The summed E-state index contributed by atoms with van der Waals surface area (Å²) in [6, 6.07) is 8.07. The largest absolute Gasteiger partial charge is 0.504 e. The summed E-state index contributed by atoms with van der Waals surface area (Å²) in [4.78, 5) is 66.2. The maximum atomic E-state index is 13.8. The molecule has 0 radical (unpaired) electrons. The van der Waals surface area contributed by atoms with Crippen LogP contribution in [0.5, 0.6) is 34.5 Å². The number of nitrogens with zero attached hydrogens (tertiary/aromatic N) is 1. The molecule has 0 bridgehead atoms. The highest BCUT2D eigenvalue weighted by molar-refractivity contribution is 6.01. The van der Waals surface area contributed by atoms with Gasteiger partial charge in [-0.1, -0.05) is 18.2 Å². The topological polar surface area (TPSA) is 299 Å². The van der Waals surface area contributed by atoms with Gasteiger partial charge in [0.05, 0.1) is 28.9 Å². The molecular weight excluding hydrogens is 698 g/mol. The van der Waals surface area contributed by atoms with Crippen molar-refractivity contribution in [3.05, 3.63) is 71.3 Å². The predicted molar refractivity (Wildman–Crippen MR) is 186 cm³/mol. The van der Waals surface area contributed by atoms with E-state index in [1.807, 2.05) is 0 Å². The van der Waals surface area contributed by atoms with Crippen LogP contribution in [0.3, 0.4) is 0 Å². The average Bonchev–Trinajstić information content (AvgIpc) is 3.11. The van der Waals surface area contributed by atoms with Gasteiger partial charge in [0.1, 0.15) is 12.1 Å². The number of nitrogens with one attached hydrogen (secondary N) is 4. The number of aliphatic hydroxyl groups excluding tert-OH is 2. The van der Waals surface area contributed by atoms with Gasteiger partial charge < -0.3 is 67.0 Å². The first-order valence-electron chi connectivity index (χ1n) is 16.4. The van der Waals surface area contributed by atoms with Crippen molar-refractivity contribution in [2.24, 2.45) is 0 Å². The third-order valence-corrected chi connectivity index (χ3v) is 7.97. The molecule has 53 heavy (non-hydrogen) atoms. The van der Waals surface area contributed by atoms with Crippen LogP contribution in [0.15, 0.2) is 54.6 Å². The Kier molecular flexibility index (Phi) is 14.6. The van der Waals surface area contributed by atoms with Gasteiger partial charge in [-0.3, -0.25) is 24.0 Å². The second-order valence-electron chi connectivity index (χ2n) is 12.0. The Morgan fingerprint density at radius 1 is 0.566 bits per heavy atom. The lowest BCUT2D eigenvalue weighted by Crippen LogP contribution is -2.54. The minimum atomic E-state index is -1.55. The van der Waals surface area contributed by atoms with Gasteiger partial charge in [0.15, 0.2) is 34.5 Å². The molecule has 286 valence electrons. The van der Waals surface area contributed by atoms with Gasteiger partial charge in [0, 0.05) is 26.2 Å². The average molecular weight is 742 g/mol. The Morgan fingerprint density at radius 3 is 1.36 bits per heavy atom. The normalized spacial score (nSPS) is 13.1. The van der Waals surface area contributed by atoms with Gasteiger partial charge in [0.25, 0.3) is 17.7 Å². The first-order valence-corrected chi connectivity index (χ1v) is 16.4. The van der Waals surface area contributed by atoms with Crippen molar-refractivity contribution in [1.82, 2.24) is 26.2 Å². The van der Waals surface area contributed by atoms with Crippen molar-refractivity contribution >= 4 is 29.5 Å². The molecule has 0 heterocycles. The molecule has 4 atom stereocenters. The fraction of sp³-hybridized carbons (Fsp3) is 0.343. The lowest BCUT2D eigenvalue weighted by Gasteiger charge is -2.30. The SMILES string of the molecule is C[C@@H](O)[C@H](NC(=O)c1cccc(O)c1O)C(=O)NCCCN(CCCNC(=O)c1cccc(O)c1O)C(=O)[C@@H](NC(=O)c1cccc(O)c1O)[C@@H](C)O. The number of para-hydroxylation sites is 3. The minimum absolute atomic E-state index is 0.0260. The molecule has 18 heteroatoms. The van der Waals surface area contributed by atoms with Crippen molar-refractivity contribution in [1.29, 1.82) is 0 Å². The van der Waals surface area contributed by atoms with Crippen LogP contribution in [0.25, 0.3) is 0 Å².